The van der Waals surface area contributed by atoms with Crippen molar-refractivity contribution in [1.29, 1.82) is 0 Å². The van der Waals surface area contributed by atoms with Gasteiger partial charge >= 0.3 is 0 Å². The Kier molecular flexibility index (Phi) is 6.32. The number of halogens is 1. The van der Waals surface area contributed by atoms with Crippen molar-refractivity contribution in [2.75, 3.05) is 26.2 Å². The highest BCUT2D eigenvalue weighted by Gasteiger charge is 2.50. The standard InChI is InChI=1S/C17H29N3O2.ClH/c1-2-17(7-8-17)16(22)20-10-4-5-13(12-20)11-19-15(21)14-6-3-9-18-14;/h13-14,18H,2-12H2,1H3,(H,19,21);1H. The van der Waals surface area contributed by atoms with Crippen molar-refractivity contribution >= 4 is 24.2 Å². The summed E-state index contributed by atoms with van der Waals surface area (Å²) in [4.78, 5) is 26.8. The molecule has 2 unspecified atom stereocenters. The molecule has 0 bridgehead atoms. The van der Waals surface area contributed by atoms with E-state index < -0.39 is 0 Å². The molecule has 6 heteroatoms. The third-order valence-corrected chi connectivity index (χ3v) is 5.73. The Balaban J connectivity index is 0.00000192. The van der Waals surface area contributed by atoms with Crippen molar-refractivity contribution in [3.8, 4) is 0 Å². The van der Waals surface area contributed by atoms with Gasteiger partial charge in [0, 0.05) is 25.0 Å². The number of nitrogens with one attached hydrogen (secondary N) is 2. The normalized spacial score (nSPS) is 28.8. The molecule has 1 saturated carbocycles. The smallest absolute Gasteiger partial charge is 0.237 e. The summed E-state index contributed by atoms with van der Waals surface area (Å²) in [5, 5.41) is 6.31. The van der Waals surface area contributed by atoms with Crippen LogP contribution in [0.1, 0.15) is 51.9 Å². The Morgan fingerprint density at radius 3 is 2.65 bits per heavy atom. The summed E-state index contributed by atoms with van der Waals surface area (Å²) < 4.78 is 0. The molecule has 3 aliphatic rings. The molecule has 0 aromatic carbocycles. The van der Waals surface area contributed by atoms with Crippen molar-refractivity contribution in [2.45, 2.75) is 57.9 Å². The SMILES string of the molecule is CCC1(C(=O)N2CCCC(CNC(=O)C3CCCN3)C2)CC1.Cl. The number of piperidine rings is 1. The molecule has 0 aromatic heterocycles. The first-order chi connectivity index (χ1) is 10.6. The maximum absolute atomic E-state index is 12.6. The van der Waals surface area contributed by atoms with E-state index in [1.165, 1.54) is 0 Å². The van der Waals surface area contributed by atoms with Gasteiger partial charge < -0.3 is 15.5 Å². The second-order valence-electron chi connectivity index (χ2n) is 7.29. The summed E-state index contributed by atoms with van der Waals surface area (Å²) in [6.45, 7) is 5.50. The molecule has 3 fully saturated rings. The maximum Gasteiger partial charge on any atom is 0.237 e. The molecule has 0 spiro atoms. The summed E-state index contributed by atoms with van der Waals surface area (Å²) in [7, 11) is 0. The first-order valence-electron chi connectivity index (χ1n) is 8.95. The van der Waals surface area contributed by atoms with Crippen LogP contribution in [-0.4, -0.2) is 48.9 Å². The number of amides is 2. The predicted molar refractivity (Wildman–Crippen MR) is 92.5 cm³/mol. The van der Waals surface area contributed by atoms with Gasteiger partial charge in [-0.05, 0) is 57.4 Å². The molecule has 3 rings (SSSR count). The fourth-order valence-electron chi connectivity index (χ4n) is 3.90. The number of hydrogen-bond acceptors (Lipinski definition) is 3. The lowest BCUT2D eigenvalue weighted by molar-refractivity contribution is -0.139. The van der Waals surface area contributed by atoms with Crippen molar-refractivity contribution < 1.29 is 9.59 Å². The summed E-state index contributed by atoms with van der Waals surface area (Å²) in [5.74, 6) is 0.910. The average molecular weight is 344 g/mol. The molecule has 2 heterocycles. The summed E-state index contributed by atoms with van der Waals surface area (Å²) >= 11 is 0. The number of likely N-dealkylation sites (tertiary alicyclic amines) is 1. The molecule has 23 heavy (non-hydrogen) atoms. The Morgan fingerprint density at radius 2 is 2.04 bits per heavy atom. The van der Waals surface area contributed by atoms with Crippen LogP contribution >= 0.6 is 12.4 Å². The maximum atomic E-state index is 12.6. The third-order valence-electron chi connectivity index (χ3n) is 5.73. The van der Waals surface area contributed by atoms with Crippen molar-refractivity contribution in [3.63, 3.8) is 0 Å². The Bertz CT molecular complexity index is 434. The number of carbonyl (C=O) groups excluding carboxylic acids is 2. The van der Waals surface area contributed by atoms with Gasteiger partial charge in [0.25, 0.3) is 0 Å². The van der Waals surface area contributed by atoms with Gasteiger partial charge in [-0.3, -0.25) is 9.59 Å². The van der Waals surface area contributed by atoms with E-state index in [2.05, 4.69) is 22.5 Å². The molecule has 0 aromatic rings. The van der Waals surface area contributed by atoms with Crippen molar-refractivity contribution in [1.82, 2.24) is 15.5 Å². The minimum atomic E-state index is -0.0289. The first kappa shape index (κ1) is 18.5. The van der Waals surface area contributed by atoms with E-state index in [9.17, 15) is 9.59 Å². The summed E-state index contributed by atoms with van der Waals surface area (Å²) in [6.07, 6.45) is 7.30. The van der Waals surface area contributed by atoms with Crippen LogP contribution < -0.4 is 10.6 Å². The molecule has 1 aliphatic carbocycles. The lowest BCUT2D eigenvalue weighted by atomic mass is 9.94. The Labute approximate surface area is 145 Å². The lowest BCUT2D eigenvalue weighted by Gasteiger charge is -2.35. The Hall–Kier alpha value is -0.810. The molecule has 2 aliphatic heterocycles. The second-order valence-corrected chi connectivity index (χ2v) is 7.29. The van der Waals surface area contributed by atoms with Gasteiger partial charge in [0.1, 0.15) is 0 Å². The molecule has 2 atom stereocenters. The van der Waals surface area contributed by atoms with Gasteiger partial charge in [-0.2, -0.15) is 0 Å². The van der Waals surface area contributed by atoms with Gasteiger partial charge in [-0.15, -0.1) is 12.4 Å². The van der Waals surface area contributed by atoms with Crippen LogP contribution in [-0.2, 0) is 9.59 Å². The monoisotopic (exact) mass is 343 g/mol. The summed E-state index contributed by atoms with van der Waals surface area (Å²) in [6, 6.07) is -0.00356. The van der Waals surface area contributed by atoms with Crippen molar-refractivity contribution in [2.24, 2.45) is 11.3 Å². The Morgan fingerprint density at radius 1 is 1.26 bits per heavy atom. The molecular weight excluding hydrogens is 314 g/mol. The van der Waals surface area contributed by atoms with E-state index in [0.29, 0.717) is 18.4 Å². The third kappa shape index (κ3) is 4.18. The first-order valence-corrected chi connectivity index (χ1v) is 8.95. The molecule has 132 valence electrons. The number of nitrogens with zero attached hydrogens (tertiary/aromatic N) is 1. The number of carbonyl (C=O) groups is 2. The topological polar surface area (TPSA) is 61.4 Å². The van der Waals surface area contributed by atoms with Gasteiger partial charge in [0.15, 0.2) is 0 Å². The zero-order valence-electron chi connectivity index (χ0n) is 14.1. The number of hydrogen-bond donors (Lipinski definition) is 2. The van der Waals surface area contributed by atoms with Crippen LogP contribution in [0.5, 0.6) is 0 Å². The van der Waals surface area contributed by atoms with Crippen LogP contribution in [0.3, 0.4) is 0 Å². The molecular formula is C17H30ClN3O2. The zero-order chi connectivity index (χ0) is 15.6. The highest BCUT2D eigenvalue weighted by Crippen LogP contribution is 2.50. The van der Waals surface area contributed by atoms with Crippen LogP contribution in [0, 0.1) is 11.3 Å². The molecule has 5 nitrogen and oxygen atoms in total. The molecule has 2 amide bonds. The fraction of sp³-hybridized carbons (Fsp3) is 0.882. The summed E-state index contributed by atoms with van der Waals surface area (Å²) in [5.41, 5.74) is -0.0289. The lowest BCUT2D eigenvalue weighted by Crippen LogP contribution is -2.48. The minimum absolute atomic E-state index is 0. The van der Waals surface area contributed by atoms with Gasteiger partial charge in [0.2, 0.25) is 11.8 Å². The minimum Gasteiger partial charge on any atom is -0.354 e. The number of rotatable bonds is 5. The van der Waals surface area contributed by atoms with E-state index in [0.717, 1.165) is 64.6 Å². The quantitative estimate of drug-likeness (QED) is 0.798. The largest absolute Gasteiger partial charge is 0.354 e. The van der Waals surface area contributed by atoms with Crippen LogP contribution in [0.2, 0.25) is 0 Å². The van der Waals surface area contributed by atoms with E-state index in [1.807, 2.05) is 0 Å². The highest BCUT2D eigenvalue weighted by molar-refractivity contribution is 5.86. The van der Waals surface area contributed by atoms with Crippen LogP contribution in [0.4, 0.5) is 0 Å². The zero-order valence-corrected chi connectivity index (χ0v) is 14.9. The van der Waals surface area contributed by atoms with E-state index in [-0.39, 0.29) is 29.8 Å². The van der Waals surface area contributed by atoms with Gasteiger partial charge in [-0.25, -0.2) is 0 Å². The molecule has 0 radical (unpaired) electrons. The van der Waals surface area contributed by atoms with Gasteiger partial charge in [-0.1, -0.05) is 6.92 Å². The van der Waals surface area contributed by atoms with Crippen LogP contribution in [0.25, 0.3) is 0 Å². The van der Waals surface area contributed by atoms with E-state index in [4.69, 9.17) is 0 Å². The molecule has 2 N–H and O–H groups in total. The fourth-order valence-corrected chi connectivity index (χ4v) is 3.90. The second kappa shape index (κ2) is 7.84. The van der Waals surface area contributed by atoms with E-state index >= 15 is 0 Å². The van der Waals surface area contributed by atoms with Gasteiger partial charge in [0.05, 0.1) is 6.04 Å². The predicted octanol–water partition coefficient (Wildman–Crippen LogP) is 1.71. The molecule has 2 saturated heterocycles. The van der Waals surface area contributed by atoms with E-state index in [1.54, 1.807) is 0 Å². The van der Waals surface area contributed by atoms with Crippen LogP contribution in [0.15, 0.2) is 0 Å². The highest BCUT2D eigenvalue weighted by atomic mass is 35.5. The van der Waals surface area contributed by atoms with Crippen molar-refractivity contribution in [3.05, 3.63) is 0 Å². The average Bonchev–Trinajstić information content (AvgIpc) is 3.16.